The average molecular weight is 170 g/mol. The van der Waals surface area contributed by atoms with Gasteiger partial charge in [-0.05, 0) is 27.7 Å². The highest BCUT2D eigenvalue weighted by atomic mass is 16.1. The first-order valence-corrected chi connectivity index (χ1v) is 4.35. The quantitative estimate of drug-likeness (QED) is 0.556. The normalized spacial score (nSPS) is 32.8. The molecule has 0 aliphatic carbocycles. The van der Waals surface area contributed by atoms with Crippen molar-refractivity contribution in [3.63, 3.8) is 0 Å². The molecule has 1 unspecified atom stereocenters. The Balaban J connectivity index is 2.73. The van der Waals surface area contributed by atoms with Gasteiger partial charge in [0, 0.05) is 17.6 Å². The van der Waals surface area contributed by atoms with Crippen molar-refractivity contribution in [3.8, 4) is 0 Å². The maximum Gasteiger partial charge on any atom is 0.138 e. The first kappa shape index (κ1) is 9.68. The van der Waals surface area contributed by atoms with E-state index in [1.54, 1.807) is 0 Å². The Hall–Kier alpha value is -0.410. The minimum atomic E-state index is -0.149. The number of carbonyl (C=O) groups is 1. The highest BCUT2D eigenvalue weighted by molar-refractivity contribution is 5.60. The fraction of sp³-hybridized carbons (Fsp3) is 0.889. The van der Waals surface area contributed by atoms with Crippen molar-refractivity contribution in [1.82, 2.24) is 10.6 Å². The van der Waals surface area contributed by atoms with E-state index in [0.29, 0.717) is 0 Å². The Morgan fingerprint density at radius 3 is 2.33 bits per heavy atom. The monoisotopic (exact) mass is 170 g/mol. The Morgan fingerprint density at radius 1 is 1.33 bits per heavy atom. The zero-order valence-corrected chi connectivity index (χ0v) is 8.27. The van der Waals surface area contributed by atoms with Crippen LogP contribution in [0.1, 0.15) is 27.7 Å². The van der Waals surface area contributed by atoms with Gasteiger partial charge in [-0.15, -0.1) is 0 Å². The van der Waals surface area contributed by atoms with E-state index in [0.717, 1.165) is 12.8 Å². The second-order valence-electron chi connectivity index (χ2n) is 4.73. The molecule has 1 fully saturated rings. The van der Waals surface area contributed by atoms with Gasteiger partial charge in [-0.3, -0.25) is 0 Å². The highest BCUT2D eigenvalue weighted by Gasteiger charge is 2.38. The second kappa shape index (κ2) is 2.82. The van der Waals surface area contributed by atoms with Crippen LogP contribution in [0.25, 0.3) is 0 Å². The van der Waals surface area contributed by atoms with Crippen LogP contribution < -0.4 is 10.6 Å². The average Bonchev–Trinajstić information content (AvgIpc) is 1.83. The molecule has 0 radical (unpaired) electrons. The van der Waals surface area contributed by atoms with Crippen molar-refractivity contribution in [2.75, 3.05) is 6.54 Å². The summed E-state index contributed by atoms with van der Waals surface area (Å²) in [4.78, 5) is 10.7. The second-order valence-corrected chi connectivity index (χ2v) is 4.73. The summed E-state index contributed by atoms with van der Waals surface area (Å²) in [5.74, 6) is 0. The predicted octanol–water partition coefficient (Wildman–Crippen LogP) is 0.304. The zero-order chi connectivity index (χ0) is 9.41. The SMILES string of the molecule is CC1(C)CNC(C=O)C(C)(C)N1. The summed E-state index contributed by atoms with van der Waals surface area (Å²) in [6, 6.07) is -0.0782. The van der Waals surface area contributed by atoms with E-state index >= 15 is 0 Å². The lowest BCUT2D eigenvalue weighted by molar-refractivity contribution is -0.112. The third-order valence-corrected chi connectivity index (χ3v) is 2.34. The summed E-state index contributed by atoms with van der Waals surface area (Å²) in [6.07, 6.45) is 0.974. The van der Waals surface area contributed by atoms with E-state index in [1.807, 2.05) is 13.8 Å². The van der Waals surface area contributed by atoms with Crippen molar-refractivity contribution < 1.29 is 4.79 Å². The third-order valence-electron chi connectivity index (χ3n) is 2.34. The van der Waals surface area contributed by atoms with Crippen LogP contribution >= 0.6 is 0 Å². The molecular formula is C9H18N2O. The molecule has 0 aromatic heterocycles. The summed E-state index contributed by atoms with van der Waals surface area (Å²) in [6.45, 7) is 9.17. The van der Waals surface area contributed by atoms with Gasteiger partial charge >= 0.3 is 0 Å². The summed E-state index contributed by atoms with van der Waals surface area (Å²) >= 11 is 0. The number of hydrogen-bond donors (Lipinski definition) is 2. The summed E-state index contributed by atoms with van der Waals surface area (Å²) < 4.78 is 0. The molecule has 1 atom stereocenters. The van der Waals surface area contributed by atoms with Crippen LogP contribution in [-0.2, 0) is 4.79 Å². The maximum atomic E-state index is 10.7. The van der Waals surface area contributed by atoms with E-state index in [2.05, 4.69) is 24.5 Å². The van der Waals surface area contributed by atoms with Crippen LogP contribution in [0.2, 0.25) is 0 Å². The molecular weight excluding hydrogens is 152 g/mol. The summed E-state index contributed by atoms with van der Waals surface area (Å²) in [5, 5.41) is 6.66. The minimum absolute atomic E-state index is 0.0724. The Labute approximate surface area is 73.9 Å². The van der Waals surface area contributed by atoms with Crippen LogP contribution in [-0.4, -0.2) is 30.0 Å². The van der Waals surface area contributed by atoms with Crippen molar-refractivity contribution in [2.45, 2.75) is 44.8 Å². The molecule has 1 rings (SSSR count). The molecule has 0 amide bonds. The van der Waals surface area contributed by atoms with Gasteiger partial charge in [0.05, 0.1) is 6.04 Å². The lowest BCUT2D eigenvalue weighted by atomic mass is 9.87. The van der Waals surface area contributed by atoms with E-state index in [9.17, 15) is 4.79 Å². The van der Waals surface area contributed by atoms with Crippen molar-refractivity contribution in [3.05, 3.63) is 0 Å². The first-order valence-electron chi connectivity index (χ1n) is 4.35. The number of hydrogen-bond acceptors (Lipinski definition) is 3. The molecule has 12 heavy (non-hydrogen) atoms. The van der Waals surface area contributed by atoms with Gasteiger partial charge in [0.15, 0.2) is 0 Å². The van der Waals surface area contributed by atoms with E-state index in [-0.39, 0.29) is 17.1 Å². The van der Waals surface area contributed by atoms with Gasteiger partial charge in [-0.2, -0.15) is 0 Å². The summed E-state index contributed by atoms with van der Waals surface area (Å²) in [5.41, 5.74) is -0.0769. The number of carbonyl (C=O) groups excluding carboxylic acids is 1. The molecule has 1 saturated heterocycles. The smallest absolute Gasteiger partial charge is 0.138 e. The van der Waals surface area contributed by atoms with Crippen LogP contribution in [0.5, 0.6) is 0 Å². The number of nitrogens with one attached hydrogen (secondary N) is 2. The minimum Gasteiger partial charge on any atom is -0.304 e. The number of aldehydes is 1. The Bertz CT molecular complexity index is 187. The fourth-order valence-corrected chi connectivity index (χ4v) is 1.83. The first-order chi connectivity index (χ1) is 5.37. The van der Waals surface area contributed by atoms with Crippen molar-refractivity contribution in [1.29, 1.82) is 0 Å². The highest BCUT2D eigenvalue weighted by Crippen LogP contribution is 2.18. The fourth-order valence-electron chi connectivity index (χ4n) is 1.83. The topological polar surface area (TPSA) is 41.1 Å². The van der Waals surface area contributed by atoms with Gasteiger partial charge < -0.3 is 15.4 Å². The summed E-state index contributed by atoms with van der Waals surface area (Å²) in [7, 11) is 0. The van der Waals surface area contributed by atoms with Crippen molar-refractivity contribution in [2.24, 2.45) is 0 Å². The number of piperazine rings is 1. The molecule has 3 heteroatoms. The van der Waals surface area contributed by atoms with E-state index < -0.39 is 0 Å². The lowest BCUT2D eigenvalue weighted by Crippen LogP contribution is -2.71. The van der Waals surface area contributed by atoms with Crippen LogP contribution in [0.15, 0.2) is 0 Å². The Morgan fingerprint density at radius 2 is 1.92 bits per heavy atom. The molecule has 70 valence electrons. The van der Waals surface area contributed by atoms with Crippen LogP contribution in [0.3, 0.4) is 0 Å². The number of rotatable bonds is 1. The molecule has 0 spiro atoms. The van der Waals surface area contributed by atoms with Gasteiger partial charge in [0.1, 0.15) is 6.29 Å². The van der Waals surface area contributed by atoms with E-state index in [1.165, 1.54) is 0 Å². The predicted molar refractivity (Wildman–Crippen MR) is 49.1 cm³/mol. The molecule has 2 N–H and O–H groups in total. The molecule has 1 aliphatic heterocycles. The standard InChI is InChI=1S/C9H18N2O/c1-8(2)6-10-7(5-12)9(3,4)11-8/h5,7,10-11H,6H2,1-4H3. The zero-order valence-electron chi connectivity index (χ0n) is 8.27. The molecule has 0 saturated carbocycles. The maximum absolute atomic E-state index is 10.7. The molecule has 3 nitrogen and oxygen atoms in total. The van der Waals surface area contributed by atoms with E-state index in [4.69, 9.17) is 0 Å². The third kappa shape index (κ3) is 1.84. The molecule has 1 heterocycles. The van der Waals surface area contributed by atoms with Gasteiger partial charge in [0.2, 0.25) is 0 Å². The van der Waals surface area contributed by atoms with Crippen LogP contribution in [0.4, 0.5) is 0 Å². The Kier molecular flexibility index (Phi) is 2.27. The lowest BCUT2D eigenvalue weighted by Gasteiger charge is -2.46. The van der Waals surface area contributed by atoms with Crippen molar-refractivity contribution >= 4 is 6.29 Å². The molecule has 0 aromatic rings. The molecule has 0 aromatic carbocycles. The molecule has 1 aliphatic rings. The largest absolute Gasteiger partial charge is 0.304 e. The van der Waals surface area contributed by atoms with Gasteiger partial charge in [0.25, 0.3) is 0 Å². The van der Waals surface area contributed by atoms with Gasteiger partial charge in [-0.25, -0.2) is 0 Å². The van der Waals surface area contributed by atoms with Crippen LogP contribution in [0, 0.1) is 0 Å². The molecule has 0 bridgehead atoms. The van der Waals surface area contributed by atoms with Gasteiger partial charge in [-0.1, -0.05) is 0 Å².